The lowest BCUT2D eigenvalue weighted by molar-refractivity contribution is -0.122. The van der Waals surface area contributed by atoms with Gasteiger partial charge in [0.05, 0.1) is 20.1 Å². The van der Waals surface area contributed by atoms with Crippen molar-refractivity contribution >= 4 is 23.2 Å². The first kappa shape index (κ1) is 18.9. The first-order chi connectivity index (χ1) is 14.1. The monoisotopic (exact) mass is 398 g/mol. The number of nitrogens with one attached hydrogen (secondary N) is 1. The van der Waals surface area contributed by atoms with Crippen molar-refractivity contribution in [3.63, 3.8) is 0 Å². The second-order valence-electron chi connectivity index (χ2n) is 6.79. The SMILES string of the molecule is COc1ccc(NC(=O)[C@H]2CC(=O)N(c3ccc4c(c3)OCCO4)C2)cc1OC. The zero-order chi connectivity index (χ0) is 20.4. The highest BCUT2D eigenvalue weighted by Gasteiger charge is 2.35. The van der Waals surface area contributed by atoms with E-state index in [0.29, 0.717) is 54.1 Å². The Morgan fingerprint density at radius 2 is 1.79 bits per heavy atom. The zero-order valence-electron chi connectivity index (χ0n) is 16.3. The number of rotatable bonds is 5. The molecule has 2 amide bonds. The maximum atomic E-state index is 12.7. The molecule has 2 aromatic rings. The molecule has 0 aliphatic carbocycles. The molecule has 0 spiro atoms. The van der Waals surface area contributed by atoms with Crippen LogP contribution in [0.3, 0.4) is 0 Å². The molecular formula is C21H22N2O6. The molecule has 1 N–H and O–H groups in total. The Morgan fingerprint density at radius 3 is 2.55 bits per heavy atom. The summed E-state index contributed by atoms with van der Waals surface area (Å²) in [6.07, 6.45) is 0.146. The minimum Gasteiger partial charge on any atom is -0.493 e. The number of amides is 2. The van der Waals surface area contributed by atoms with Crippen LogP contribution < -0.4 is 29.2 Å². The van der Waals surface area contributed by atoms with E-state index in [4.69, 9.17) is 18.9 Å². The Bertz CT molecular complexity index is 945. The minimum absolute atomic E-state index is 0.103. The average Bonchev–Trinajstić information content (AvgIpc) is 3.15. The fourth-order valence-corrected chi connectivity index (χ4v) is 3.49. The zero-order valence-corrected chi connectivity index (χ0v) is 16.3. The first-order valence-electron chi connectivity index (χ1n) is 9.32. The minimum atomic E-state index is -0.455. The van der Waals surface area contributed by atoms with Gasteiger partial charge >= 0.3 is 0 Å². The Balaban J connectivity index is 1.46. The number of carbonyl (C=O) groups excluding carboxylic acids is 2. The Morgan fingerprint density at radius 1 is 1.03 bits per heavy atom. The van der Waals surface area contributed by atoms with Crippen LogP contribution in [0.15, 0.2) is 36.4 Å². The van der Waals surface area contributed by atoms with Gasteiger partial charge < -0.3 is 29.2 Å². The number of methoxy groups -OCH3 is 2. The number of benzene rings is 2. The molecule has 29 heavy (non-hydrogen) atoms. The maximum Gasteiger partial charge on any atom is 0.229 e. The molecule has 2 aliphatic heterocycles. The van der Waals surface area contributed by atoms with Crippen LogP contribution in [0.25, 0.3) is 0 Å². The Kier molecular flexibility index (Phi) is 5.16. The predicted molar refractivity (Wildman–Crippen MR) is 106 cm³/mol. The van der Waals surface area contributed by atoms with E-state index >= 15 is 0 Å². The molecule has 1 fully saturated rings. The third kappa shape index (κ3) is 3.78. The highest BCUT2D eigenvalue weighted by molar-refractivity contribution is 6.03. The molecule has 0 unspecified atom stereocenters. The fourth-order valence-electron chi connectivity index (χ4n) is 3.49. The van der Waals surface area contributed by atoms with E-state index in [1.807, 2.05) is 0 Å². The van der Waals surface area contributed by atoms with Gasteiger partial charge in [-0.3, -0.25) is 9.59 Å². The summed E-state index contributed by atoms with van der Waals surface area (Å²) >= 11 is 0. The number of anilines is 2. The third-order valence-electron chi connectivity index (χ3n) is 4.98. The van der Waals surface area contributed by atoms with Crippen LogP contribution in [0.2, 0.25) is 0 Å². The van der Waals surface area contributed by atoms with Crippen LogP contribution in [0.5, 0.6) is 23.0 Å². The van der Waals surface area contributed by atoms with Gasteiger partial charge in [-0.25, -0.2) is 0 Å². The molecule has 0 saturated carbocycles. The van der Waals surface area contributed by atoms with Crippen LogP contribution in [-0.4, -0.2) is 45.8 Å². The summed E-state index contributed by atoms with van der Waals surface area (Å²) in [5.41, 5.74) is 1.28. The van der Waals surface area contributed by atoms with E-state index in [1.165, 1.54) is 7.11 Å². The van der Waals surface area contributed by atoms with E-state index in [2.05, 4.69) is 5.32 Å². The quantitative estimate of drug-likeness (QED) is 0.833. The fraction of sp³-hybridized carbons (Fsp3) is 0.333. The van der Waals surface area contributed by atoms with Gasteiger partial charge in [0.15, 0.2) is 23.0 Å². The van der Waals surface area contributed by atoms with Gasteiger partial charge in [-0.15, -0.1) is 0 Å². The van der Waals surface area contributed by atoms with Gasteiger partial charge in [0.25, 0.3) is 0 Å². The number of nitrogens with zero attached hydrogens (tertiary/aromatic N) is 1. The first-order valence-corrected chi connectivity index (χ1v) is 9.32. The van der Waals surface area contributed by atoms with Crippen LogP contribution in [0, 0.1) is 5.92 Å². The lowest BCUT2D eigenvalue weighted by Crippen LogP contribution is -2.28. The van der Waals surface area contributed by atoms with Crippen molar-refractivity contribution in [2.45, 2.75) is 6.42 Å². The molecule has 8 heteroatoms. The molecule has 4 rings (SSSR count). The summed E-state index contributed by atoms with van der Waals surface area (Å²) in [6.45, 7) is 1.28. The molecule has 2 aliphatic rings. The molecule has 152 valence electrons. The van der Waals surface area contributed by atoms with E-state index in [-0.39, 0.29) is 18.2 Å². The smallest absolute Gasteiger partial charge is 0.229 e. The molecular weight excluding hydrogens is 376 g/mol. The highest BCUT2D eigenvalue weighted by atomic mass is 16.6. The number of hydrogen-bond donors (Lipinski definition) is 1. The average molecular weight is 398 g/mol. The molecule has 0 radical (unpaired) electrons. The second kappa shape index (κ2) is 7.90. The number of carbonyl (C=O) groups is 2. The van der Waals surface area contributed by atoms with Crippen LogP contribution >= 0.6 is 0 Å². The Labute approximate surface area is 168 Å². The molecule has 0 bridgehead atoms. The molecule has 1 atom stereocenters. The van der Waals surface area contributed by atoms with Crippen molar-refractivity contribution < 1.29 is 28.5 Å². The standard InChI is InChI=1S/C21H22N2O6/c1-26-16-5-3-14(10-18(16)27-2)22-21(25)13-9-20(24)23(12-13)15-4-6-17-19(11-15)29-8-7-28-17/h3-6,10-11,13H,7-9,12H2,1-2H3,(H,22,25)/t13-/m0/s1. The van der Waals surface area contributed by atoms with Crippen molar-refractivity contribution in [3.05, 3.63) is 36.4 Å². The van der Waals surface area contributed by atoms with Gasteiger partial charge in [0, 0.05) is 36.5 Å². The van der Waals surface area contributed by atoms with Crippen LogP contribution in [-0.2, 0) is 9.59 Å². The van der Waals surface area contributed by atoms with Gasteiger partial charge in [0.2, 0.25) is 11.8 Å². The largest absolute Gasteiger partial charge is 0.493 e. The maximum absolute atomic E-state index is 12.7. The van der Waals surface area contributed by atoms with E-state index in [1.54, 1.807) is 48.4 Å². The topological polar surface area (TPSA) is 86.3 Å². The van der Waals surface area contributed by atoms with Crippen LogP contribution in [0.1, 0.15) is 6.42 Å². The number of fused-ring (bicyclic) bond motifs is 1. The van der Waals surface area contributed by atoms with Gasteiger partial charge in [-0.1, -0.05) is 0 Å². The van der Waals surface area contributed by atoms with Crippen LogP contribution in [0.4, 0.5) is 11.4 Å². The van der Waals surface area contributed by atoms with Crippen molar-refractivity contribution in [3.8, 4) is 23.0 Å². The van der Waals surface area contributed by atoms with Gasteiger partial charge in [0.1, 0.15) is 13.2 Å². The predicted octanol–water partition coefficient (Wildman–Crippen LogP) is 2.47. The van der Waals surface area contributed by atoms with E-state index in [0.717, 1.165) is 0 Å². The summed E-state index contributed by atoms with van der Waals surface area (Å²) in [5.74, 6) is 1.59. The highest BCUT2D eigenvalue weighted by Crippen LogP contribution is 2.36. The number of hydrogen-bond acceptors (Lipinski definition) is 6. The van der Waals surface area contributed by atoms with E-state index in [9.17, 15) is 9.59 Å². The summed E-state index contributed by atoms with van der Waals surface area (Å²) in [7, 11) is 3.08. The summed E-state index contributed by atoms with van der Waals surface area (Å²) < 4.78 is 21.6. The summed E-state index contributed by atoms with van der Waals surface area (Å²) in [6, 6.07) is 10.5. The van der Waals surface area contributed by atoms with Crippen molar-refractivity contribution in [1.29, 1.82) is 0 Å². The molecule has 2 aromatic carbocycles. The third-order valence-corrected chi connectivity index (χ3v) is 4.98. The van der Waals surface area contributed by atoms with Crippen molar-refractivity contribution in [2.24, 2.45) is 5.92 Å². The lowest BCUT2D eigenvalue weighted by atomic mass is 10.1. The normalized spacial score (nSPS) is 17.8. The van der Waals surface area contributed by atoms with Crippen molar-refractivity contribution in [1.82, 2.24) is 0 Å². The van der Waals surface area contributed by atoms with Crippen molar-refractivity contribution in [2.75, 3.05) is 44.2 Å². The van der Waals surface area contributed by atoms with Gasteiger partial charge in [-0.2, -0.15) is 0 Å². The number of ether oxygens (including phenoxy) is 4. The summed E-state index contributed by atoms with van der Waals surface area (Å²) in [4.78, 5) is 26.9. The van der Waals surface area contributed by atoms with E-state index < -0.39 is 5.92 Å². The lowest BCUT2D eigenvalue weighted by Gasteiger charge is -2.22. The van der Waals surface area contributed by atoms with Gasteiger partial charge in [-0.05, 0) is 24.3 Å². The second-order valence-corrected chi connectivity index (χ2v) is 6.79. The molecule has 2 heterocycles. The molecule has 1 saturated heterocycles. The molecule has 0 aromatic heterocycles. The molecule has 8 nitrogen and oxygen atoms in total. The summed E-state index contributed by atoms with van der Waals surface area (Å²) in [5, 5.41) is 2.85. The Hall–Kier alpha value is -3.42.